The molecule has 3 nitrogen and oxygen atoms in total. The van der Waals surface area contributed by atoms with Crippen LogP contribution in [0, 0.1) is 17.6 Å². The lowest BCUT2D eigenvalue weighted by molar-refractivity contribution is -0.107. The number of halogens is 2. The molecular weight excluding hydrogens is 384 g/mol. The molecule has 0 aromatic heterocycles. The topological polar surface area (TPSA) is 29.5 Å². The first-order valence-electron chi connectivity index (χ1n) is 10.9. The number of aldehydes is 1. The highest BCUT2D eigenvalue weighted by atomic mass is 19.1. The molecule has 1 saturated heterocycles. The van der Waals surface area contributed by atoms with E-state index in [0.29, 0.717) is 13.0 Å². The SMILES string of the molecule is O=CCCCCC1CCN(CCOC(c2ccc(F)cc2)c2ccc(F)cc2)CC1. The average molecular weight is 416 g/mol. The highest BCUT2D eigenvalue weighted by molar-refractivity contribution is 5.48. The summed E-state index contributed by atoms with van der Waals surface area (Å²) in [6, 6.07) is 12.6. The third-order valence-corrected chi connectivity index (χ3v) is 5.93. The normalized spacial score (nSPS) is 15.6. The van der Waals surface area contributed by atoms with E-state index in [4.69, 9.17) is 4.74 Å². The van der Waals surface area contributed by atoms with Crippen molar-refractivity contribution in [2.45, 2.75) is 44.6 Å². The molecule has 0 bridgehead atoms. The Balaban J connectivity index is 1.48. The lowest BCUT2D eigenvalue weighted by atomic mass is 9.91. The van der Waals surface area contributed by atoms with Gasteiger partial charge in [-0.25, -0.2) is 8.78 Å². The number of carbonyl (C=O) groups excluding carboxylic acids is 1. The van der Waals surface area contributed by atoms with Crippen LogP contribution in [0.3, 0.4) is 0 Å². The minimum absolute atomic E-state index is 0.286. The number of unbranched alkanes of at least 4 members (excludes halogenated alkanes) is 2. The number of rotatable bonds is 11. The van der Waals surface area contributed by atoms with Crippen molar-refractivity contribution in [2.24, 2.45) is 5.92 Å². The van der Waals surface area contributed by atoms with E-state index in [1.807, 2.05) is 0 Å². The van der Waals surface area contributed by atoms with Crippen molar-refractivity contribution in [1.82, 2.24) is 4.90 Å². The number of carbonyl (C=O) groups is 1. The molecule has 0 atom stereocenters. The van der Waals surface area contributed by atoms with Crippen LogP contribution in [-0.2, 0) is 9.53 Å². The van der Waals surface area contributed by atoms with Crippen molar-refractivity contribution in [3.8, 4) is 0 Å². The molecule has 0 amide bonds. The Morgan fingerprint density at radius 1 is 0.933 bits per heavy atom. The molecule has 0 spiro atoms. The van der Waals surface area contributed by atoms with E-state index in [1.54, 1.807) is 24.3 Å². The van der Waals surface area contributed by atoms with Crippen LogP contribution in [0.5, 0.6) is 0 Å². The van der Waals surface area contributed by atoms with Crippen LogP contribution in [0.2, 0.25) is 0 Å². The second kappa shape index (κ2) is 11.9. The summed E-state index contributed by atoms with van der Waals surface area (Å²) in [5.41, 5.74) is 1.72. The molecule has 2 aromatic rings. The van der Waals surface area contributed by atoms with Gasteiger partial charge in [-0.15, -0.1) is 0 Å². The Bertz CT molecular complexity index is 710. The summed E-state index contributed by atoms with van der Waals surface area (Å²) in [6.07, 6.45) is 7.10. The molecule has 162 valence electrons. The van der Waals surface area contributed by atoms with Gasteiger partial charge in [0.15, 0.2) is 0 Å². The molecule has 0 radical (unpaired) electrons. The van der Waals surface area contributed by atoms with Gasteiger partial charge in [0, 0.05) is 13.0 Å². The van der Waals surface area contributed by atoms with Crippen LogP contribution in [0.15, 0.2) is 48.5 Å². The van der Waals surface area contributed by atoms with Gasteiger partial charge >= 0.3 is 0 Å². The zero-order valence-electron chi connectivity index (χ0n) is 17.4. The highest BCUT2D eigenvalue weighted by Crippen LogP contribution is 2.27. The zero-order chi connectivity index (χ0) is 21.2. The van der Waals surface area contributed by atoms with Crippen molar-refractivity contribution in [2.75, 3.05) is 26.2 Å². The minimum atomic E-state index is -0.346. The average Bonchev–Trinajstić information content (AvgIpc) is 2.77. The minimum Gasteiger partial charge on any atom is -0.367 e. The Morgan fingerprint density at radius 3 is 2.03 bits per heavy atom. The smallest absolute Gasteiger partial charge is 0.123 e. The van der Waals surface area contributed by atoms with Gasteiger partial charge in [-0.1, -0.05) is 37.1 Å². The van der Waals surface area contributed by atoms with Crippen LogP contribution in [0.1, 0.15) is 55.8 Å². The maximum atomic E-state index is 13.3. The van der Waals surface area contributed by atoms with Crippen molar-refractivity contribution in [3.63, 3.8) is 0 Å². The van der Waals surface area contributed by atoms with Gasteiger partial charge in [0.1, 0.15) is 24.0 Å². The highest BCUT2D eigenvalue weighted by Gasteiger charge is 2.20. The molecule has 0 N–H and O–H groups in total. The third-order valence-electron chi connectivity index (χ3n) is 5.93. The predicted octanol–water partition coefficient (Wildman–Crippen LogP) is 5.54. The van der Waals surface area contributed by atoms with E-state index in [1.165, 1.54) is 43.5 Å². The molecule has 0 unspecified atom stereocenters. The van der Waals surface area contributed by atoms with Gasteiger partial charge < -0.3 is 14.4 Å². The quantitative estimate of drug-likeness (QED) is 0.356. The van der Waals surface area contributed by atoms with Gasteiger partial charge in [0.2, 0.25) is 0 Å². The summed E-state index contributed by atoms with van der Waals surface area (Å²) in [5.74, 6) is 0.191. The first kappa shape index (κ1) is 22.6. The summed E-state index contributed by atoms with van der Waals surface area (Å²) in [5, 5.41) is 0. The Hall–Kier alpha value is -2.11. The van der Waals surface area contributed by atoms with E-state index >= 15 is 0 Å². The van der Waals surface area contributed by atoms with E-state index in [-0.39, 0.29) is 17.7 Å². The summed E-state index contributed by atoms with van der Waals surface area (Å²) >= 11 is 0. The number of hydrogen-bond acceptors (Lipinski definition) is 3. The molecule has 5 heteroatoms. The second-order valence-electron chi connectivity index (χ2n) is 8.09. The zero-order valence-corrected chi connectivity index (χ0v) is 17.4. The lowest BCUT2D eigenvalue weighted by Gasteiger charge is -2.32. The van der Waals surface area contributed by atoms with Crippen LogP contribution in [0.25, 0.3) is 0 Å². The fraction of sp³-hybridized carbons (Fsp3) is 0.480. The molecule has 1 aliphatic rings. The van der Waals surface area contributed by atoms with Crippen LogP contribution in [-0.4, -0.2) is 37.4 Å². The monoisotopic (exact) mass is 415 g/mol. The number of nitrogens with zero attached hydrogens (tertiary/aromatic N) is 1. The number of likely N-dealkylation sites (tertiary alicyclic amines) is 1. The third kappa shape index (κ3) is 6.99. The largest absolute Gasteiger partial charge is 0.367 e. The molecule has 30 heavy (non-hydrogen) atoms. The predicted molar refractivity (Wildman–Crippen MR) is 114 cm³/mol. The molecule has 0 aliphatic carbocycles. The number of benzene rings is 2. The summed E-state index contributed by atoms with van der Waals surface area (Å²) in [6.45, 7) is 3.54. The standard InChI is InChI=1S/C25H31F2NO2/c26-23-9-5-21(6-10-23)25(22-7-11-24(27)12-8-22)30-19-17-28-15-13-20(14-16-28)4-2-1-3-18-29/h5-12,18,20,25H,1-4,13-17,19H2. The van der Waals surface area contributed by atoms with Crippen molar-refractivity contribution >= 4 is 6.29 Å². The van der Waals surface area contributed by atoms with Gasteiger partial charge in [-0.2, -0.15) is 0 Å². The number of piperidine rings is 1. The van der Waals surface area contributed by atoms with Crippen molar-refractivity contribution in [1.29, 1.82) is 0 Å². The van der Waals surface area contributed by atoms with Crippen LogP contribution >= 0.6 is 0 Å². The molecular formula is C25H31F2NO2. The van der Waals surface area contributed by atoms with E-state index in [0.717, 1.165) is 55.8 Å². The maximum Gasteiger partial charge on any atom is 0.123 e. The van der Waals surface area contributed by atoms with E-state index in [9.17, 15) is 13.6 Å². The lowest BCUT2D eigenvalue weighted by Crippen LogP contribution is -2.36. The summed E-state index contributed by atoms with van der Waals surface area (Å²) in [7, 11) is 0. The summed E-state index contributed by atoms with van der Waals surface area (Å²) < 4.78 is 32.9. The van der Waals surface area contributed by atoms with Gasteiger partial charge in [-0.05, 0) is 73.7 Å². The molecule has 1 heterocycles. The second-order valence-corrected chi connectivity index (χ2v) is 8.09. The van der Waals surface area contributed by atoms with Gasteiger partial charge in [-0.3, -0.25) is 0 Å². The fourth-order valence-corrected chi connectivity index (χ4v) is 4.12. The maximum absolute atomic E-state index is 13.3. The van der Waals surface area contributed by atoms with Crippen molar-refractivity contribution in [3.05, 3.63) is 71.3 Å². The molecule has 0 saturated carbocycles. The van der Waals surface area contributed by atoms with Crippen molar-refractivity contribution < 1.29 is 18.3 Å². The Kier molecular flexibility index (Phi) is 8.97. The molecule has 1 aliphatic heterocycles. The van der Waals surface area contributed by atoms with E-state index in [2.05, 4.69) is 4.90 Å². The van der Waals surface area contributed by atoms with Crippen LogP contribution in [0.4, 0.5) is 8.78 Å². The first-order chi connectivity index (χ1) is 14.7. The molecule has 2 aromatic carbocycles. The Morgan fingerprint density at radius 2 is 1.50 bits per heavy atom. The molecule has 3 rings (SSSR count). The summed E-state index contributed by atoms with van der Waals surface area (Å²) in [4.78, 5) is 12.8. The fourth-order valence-electron chi connectivity index (χ4n) is 4.12. The van der Waals surface area contributed by atoms with Gasteiger partial charge in [0.05, 0.1) is 6.61 Å². The Labute approximate surface area is 178 Å². The van der Waals surface area contributed by atoms with Crippen LogP contribution < -0.4 is 0 Å². The van der Waals surface area contributed by atoms with E-state index < -0.39 is 0 Å². The van der Waals surface area contributed by atoms with Gasteiger partial charge in [0.25, 0.3) is 0 Å². The number of hydrogen-bond donors (Lipinski definition) is 0. The first-order valence-corrected chi connectivity index (χ1v) is 10.9. The number of ether oxygens (including phenoxy) is 1. The molecule has 1 fully saturated rings.